The normalized spacial score (nSPS) is 10.0. The van der Waals surface area contributed by atoms with E-state index in [0.717, 1.165) is 16.0 Å². The summed E-state index contributed by atoms with van der Waals surface area (Å²) < 4.78 is 13.4. The van der Waals surface area contributed by atoms with Gasteiger partial charge in [0.1, 0.15) is 0 Å². The average Bonchev–Trinajstić information content (AvgIpc) is 2.43. The third-order valence-electron chi connectivity index (χ3n) is 1.49. The van der Waals surface area contributed by atoms with Crippen molar-refractivity contribution in [3.63, 3.8) is 0 Å². The van der Waals surface area contributed by atoms with Crippen molar-refractivity contribution in [1.82, 2.24) is 4.98 Å². The van der Waals surface area contributed by atoms with Crippen LogP contribution in [0.4, 0.5) is 4.39 Å². The molecule has 2 aromatic rings. The summed E-state index contributed by atoms with van der Waals surface area (Å²) in [6.07, 6.45) is 0. The van der Waals surface area contributed by atoms with Gasteiger partial charge >= 0.3 is 0 Å². The maximum atomic E-state index is 12.6. The summed E-state index contributed by atoms with van der Waals surface area (Å²) in [7, 11) is 0. The van der Waals surface area contributed by atoms with Crippen molar-refractivity contribution in [2.24, 2.45) is 0 Å². The van der Waals surface area contributed by atoms with Gasteiger partial charge in [0.05, 0.1) is 21.8 Å². The van der Waals surface area contributed by atoms with E-state index in [0.29, 0.717) is 11.1 Å². The van der Waals surface area contributed by atoms with Crippen LogP contribution in [0.3, 0.4) is 0 Å². The molecule has 1 aromatic heterocycles. The number of hydrogen-bond acceptors (Lipinski definition) is 3. The van der Waals surface area contributed by atoms with Crippen molar-refractivity contribution in [2.45, 2.75) is 0 Å². The second kappa shape index (κ2) is 2.54. The Morgan fingerprint density at radius 3 is 3.08 bits per heavy atom. The Bertz CT molecular complexity index is 469. The third-order valence-corrected chi connectivity index (χ3v) is 2.32. The van der Waals surface area contributed by atoms with Gasteiger partial charge in [-0.2, -0.15) is 9.65 Å². The maximum absolute atomic E-state index is 12.6. The molecule has 0 radical (unpaired) electrons. The summed E-state index contributed by atoms with van der Waals surface area (Å²) in [6, 6.07) is 6.90. The van der Waals surface area contributed by atoms with Crippen LogP contribution < -0.4 is 0 Å². The van der Waals surface area contributed by atoms with Crippen molar-refractivity contribution < 1.29 is 4.39 Å². The SMILES string of the molecule is N#Cc1ccc2sc(F)nc2c1. The summed E-state index contributed by atoms with van der Waals surface area (Å²) in [5.74, 6) is 0. The predicted molar refractivity (Wildman–Crippen MR) is 44.3 cm³/mol. The van der Waals surface area contributed by atoms with Crippen LogP contribution in [0, 0.1) is 16.6 Å². The Balaban J connectivity index is 2.77. The van der Waals surface area contributed by atoms with Gasteiger partial charge in [-0.3, -0.25) is 0 Å². The average molecular weight is 178 g/mol. The second-order valence-corrected chi connectivity index (χ2v) is 3.24. The largest absolute Gasteiger partial charge is 0.270 e. The van der Waals surface area contributed by atoms with E-state index in [1.54, 1.807) is 18.2 Å². The van der Waals surface area contributed by atoms with Crippen LogP contribution in [0.2, 0.25) is 0 Å². The Morgan fingerprint density at radius 1 is 1.50 bits per heavy atom. The quantitative estimate of drug-likeness (QED) is 0.620. The predicted octanol–water partition coefficient (Wildman–Crippen LogP) is 2.31. The molecule has 58 valence electrons. The van der Waals surface area contributed by atoms with Gasteiger partial charge in [-0.05, 0) is 18.2 Å². The van der Waals surface area contributed by atoms with Crippen LogP contribution in [-0.2, 0) is 0 Å². The van der Waals surface area contributed by atoms with Crippen LogP contribution in [-0.4, -0.2) is 4.98 Å². The molecule has 0 fully saturated rings. The molecule has 12 heavy (non-hydrogen) atoms. The van der Waals surface area contributed by atoms with Gasteiger partial charge in [-0.15, -0.1) is 0 Å². The highest BCUT2D eigenvalue weighted by molar-refractivity contribution is 7.17. The number of nitrogens with zero attached hydrogens (tertiary/aromatic N) is 2. The van der Waals surface area contributed by atoms with Gasteiger partial charge in [0, 0.05) is 0 Å². The smallest absolute Gasteiger partial charge is 0.209 e. The van der Waals surface area contributed by atoms with E-state index in [1.165, 1.54) is 0 Å². The van der Waals surface area contributed by atoms with Gasteiger partial charge in [0.25, 0.3) is 5.26 Å². The summed E-state index contributed by atoms with van der Waals surface area (Å²) >= 11 is 0.984. The molecule has 0 aliphatic rings. The lowest BCUT2D eigenvalue weighted by atomic mass is 10.2. The van der Waals surface area contributed by atoms with Gasteiger partial charge < -0.3 is 0 Å². The summed E-state index contributed by atoms with van der Waals surface area (Å²) in [4.78, 5) is 3.62. The number of benzene rings is 1. The first kappa shape index (κ1) is 7.19. The van der Waals surface area contributed by atoms with Gasteiger partial charge in [-0.1, -0.05) is 11.3 Å². The van der Waals surface area contributed by atoms with Crippen molar-refractivity contribution in [1.29, 1.82) is 5.26 Å². The van der Waals surface area contributed by atoms with Crippen molar-refractivity contribution in [2.75, 3.05) is 0 Å². The van der Waals surface area contributed by atoms with Crippen LogP contribution in [0.1, 0.15) is 5.56 Å². The molecule has 0 aliphatic carbocycles. The molecule has 0 amide bonds. The van der Waals surface area contributed by atoms with Crippen LogP contribution >= 0.6 is 11.3 Å². The van der Waals surface area contributed by atoms with Crippen molar-refractivity contribution in [3.05, 3.63) is 29.0 Å². The molecule has 0 atom stereocenters. The van der Waals surface area contributed by atoms with E-state index >= 15 is 0 Å². The van der Waals surface area contributed by atoms with Gasteiger partial charge in [-0.25, -0.2) is 4.98 Å². The molecule has 4 heteroatoms. The second-order valence-electron chi connectivity index (χ2n) is 2.26. The lowest BCUT2D eigenvalue weighted by molar-refractivity contribution is 0.620. The first-order chi connectivity index (χ1) is 5.79. The van der Waals surface area contributed by atoms with E-state index in [-0.39, 0.29) is 0 Å². The number of halogens is 1. The van der Waals surface area contributed by atoms with E-state index in [2.05, 4.69) is 4.98 Å². The summed E-state index contributed by atoms with van der Waals surface area (Å²) in [5, 5.41) is 8.08. The molecule has 0 saturated heterocycles. The number of thiazole rings is 1. The molecular weight excluding hydrogens is 175 g/mol. The fourth-order valence-corrected chi connectivity index (χ4v) is 1.64. The molecule has 2 rings (SSSR count). The zero-order valence-corrected chi connectivity index (χ0v) is 6.73. The van der Waals surface area contributed by atoms with Crippen LogP contribution in [0.25, 0.3) is 10.2 Å². The Kier molecular flexibility index (Phi) is 1.52. The molecule has 0 aliphatic heterocycles. The van der Waals surface area contributed by atoms with Crippen molar-refractivity contribution >= 4 is 21.6 Å². The van der Waals surface area contributed by atoms with Crippen LogP contribution in [0.5, 0.6) is 0 Å². The maximum Gasteiger partial charge on any atom is 0.270 e. The van der Waals surface area contributed by atoms with E-state index in [1.807, 2.05) is 6.07 Å². The van der Waals surface area contributed by atoms with Crippen molar-refractivity contribution in [3.8, 4) is 6.07 Å². The topological polar surface area (TPSA) is 36.7 Å². The molecule has 0 spiro atoms. The summed E-state index contributed by atoms with van der Waals surface area (Å²) in [6.45, 7) is 0. The minimum Gasteiger partial charge on any atom is -0.209 e. The van der Waals surface area contributed by atoms with Gasteiger partial charge in [0.2, 0.25) is 0 Å². The molecule has 2 nitrogen and oxygen atoms in total. The highest BCUT2D eigenvalue weighted by atomic mass is 32.1. The summed E-state index contributed by atoms with van der Waals surface area (Å²) in [5.41, 5.74) is 1.06. The Hall–Kier alpha value is -1.47. The number of nitriles is 1. The molecule has 1 aromatic carbocycles. The monoisotopic (exact) mass is 178 g/mol. The third kappa shape index (κ3) is 1.04. The zero-order valence-electron chi connectivity index (χ0n) is 5.91. The number of aromatic nitrogens is 1. The highest BCUT2D eigenvalue weighted by Crippen LogP contribution is 2.21. The molecule has 0 N–H and O–H groups in total. The highest BCUT2D eigenvalue weighted by Gasteiger charge is 2.02. The zero-order chi connectivity index (χ0) is 8.55. The van der Waals surface area contributed by atoms with Crippen LogP contribution in [0.15, 0.2) is 18.2 Å². The Labute approximate surface area is 71.9 Å². The first-order valence-electron chi connectivity index (χ1n) is 3.26. The molecule has 1 heterocycles. The lowest BCUT2D eigenvalue weighted by Gasteiger charge is -1.86. The Morgan fingerprint density at radius 2 is 2.33 bits per heavy atom. The molecule has 0 saturated carbocycles. The molecule has 0 bridgehead atoms. The fourth-order valence-electron chi connectivity index (χ4n) is 0.969. The molecular formula is C8H3FN2S. The number of rotatable bonds is 0. The van der Waals surface area contributed by atoms with E-state index in [9.17, 15) is 4.39 Å². The van der Waals surface area contributed by atoms with E-state index in [4.69, 9.17) is 5.26 Å². The standard InChI is InChI=1S/C8H3FN2S/c9-8-11-6-3-5(4-10)1-2-7(6)12-8/h1-3H. The first-order valence-corrected chi connectivity index (χ1v) is 4.07. The molecule has 0 unspecified atom stereocenters. The fraction of sp³-hybridized carbons (Fsp3) is 0. The van der Waals surface area contributed by atoms with Gasteiger partial charge in [0.15, 0.2) is 0 Å². The minimum absolute atomic E-state index is 0.458. The minimum atomic E-state index is -0.458. The number of fused-ring (bicyclic) bond motifs is 1. The lowest BCUT2D eigenvalue weighted by Crippen LogP contribution is -1.73. The van der Waals surface area contributed by atoms with E-state index < -0.39 is 5.26 Å². The number of hydrogen-bond donors (Lipinski definition) is 0.